The molecule has 0 fully saturated rings. The van der Waals surface area contributed by atoms with Crippen molar-refractivity contribution in [2.75, 3.05) is 0 Å². The van der Waals surface area contributed by atoms with Crippen molar-refractivity contribution in [3.63, 3.8) is 0 Å². The molecule has 0 saturated heterocycles. The molecule has 1 rings (SSSR count). The maximum atomic E-state index is 12.8. The summed E-state index contributed by atoms with van der Waals surface area (Å²) in [7, 11) is 0. The van der Waals surface area contributed by atoms with Crippen LogP contribution in [0.15, 0.2) is 28.7 Å². The Kier molecular flexibility index (Phi) is 3.74. The van der Waals surface area contributed by atoms with Crippen molar-refractivity contribution >= 4 is 27.0 Å². The average molecular weight is 285 g/mol. The Labute approximate surface area is 90.7 Å². The minimum Gasteiger partial charge on any atom is -0.301 e. The van der Waals surface area contributed by atoms with E-state index in [-0.39, 0.29) is 0 Å². The van der Waals surface area contributed by atoms with E-state index in [1.54, 1.807) is 12.1 Å². The Morgan fingerprint density at radius 3 is 2.64 bits per heavy atom. The molecule has 0 aliphatic carbocycles. The smallest absolute Gasteiger partial charge is 0.301 e. The molecule has 1 atom stereocenters. The van der Waals surface area contributed by atoms with E-state index in [0.717, 1.165) is 0 Å². The van der Waals surface area contributed by atoms with E-state index in [1.807, 2.05) is 0 Å². The van der Waals surface area contributed by atoms with Gasteiger partial charge < -0.3 is 4.55 Å². The third kappa shape index (κ3) is 3.11. The van der Waals surface area contributed by atoms with Crippen LogP contribution in [-0.2, 0) is 17.5 Å². The highest BCUT2D eigenvalue weighted by Crippen LogP contribution is 2.24. The van der Waals surface area contributed by atoms with Gasteiger partial charge in [-0.2, -0.15) is 8.78 Å². The molecule has 0 aliphatic heterocycles. The molecule has 0 bridgehead atoms. The SMILES string of the molecule is O=S(O)C(F)(F)Cc1cccc(Br)c1. The van der Waals surface area contributed by atoms with Gasteiger partial charge in [0, 0.05) is 4.47 Å². The zero-order valence-corrected chi connectivity index (χ0v) is 9.32. The molecule has 0 spiro atoms. The van der Waals surface area contributed by atoms with Crippen LogP contribution in [0, 0.1) is 0 Å². The molecule has 0 aliphatic rings. The van der Waals surface area contributed by atoms with Crippen molar-refractivity contribution in [3.05, 3.63) is 34.3 Å². The van der Waals surface area contributed by atoms with Crippen LogP contribution in [0.2, 0.25) is 0 Å². The van der Waals surface area contributed by atoms with Crippen LogP contribution in [0.25, 0.3) is 0 Å². The maximum Gasteiger partial charge on any atom is 0.349 e. The third-order valence-corrected chi connectivity index (χ3v) is 2.70. The van der Waals surface area contributed by atoms with E-state index >= 15 is 0 Å². The lowest BCUT2D eigenvalue weighted by molar-refractivity contribution is 0.0906. The highest BCUT2D eigenvalue weighted by Gasteiger charge is 2.36. The highest BCUT2D eigenvalue weighted by molar-refractivity contribution is 9.10. The average Bonchev–Trinajstić information content (AvgIpc) is 2.02. The van der Waals surface area contributed by atoms with Crippen molar-refractivity contribution in [1.29, 1.82) is 0 Å². The van der Waals surface area contributed by atoms with Crippen LogP contribution in [-0.4, -0.2) is 14.0 Å². The third-order valence-electron chi connectivity index (χ3n) is 1.55. The number of rotatable bonds is 3. The van der Waals surface area contributed by atoms with Crippen molar-refractivity contribution in [2.45, 2.75) is 11.7 Å². The van der Waals surface area contributed by atoms with Gasteiger partial charge in [0.1, 0.15) is 0 Å². The van der Waals surface area contributed by atoms with Crippen LogP contribution >= 0.6 is 15.9 Å². The number of hydrogen-bond donors (Lipinski definition) is 1. The number of benzene rings is 1. The zero-order valence-electron chi connectivity index (χ0n) is 6.91. The number of hydrogen-bond acceptors (Lipinski definition) is 1. The lowest BCUT2D eigenvalue weighted by Gasteiger charge is -2.11. The first-order chi connectivity index (χ1) is 6.42. The van der Waals surface area contributed by atoms with E-state index in [1.165, 1.54) is 12.1 Å². The van der Waals surface area contributed by atoms with E-state index in [4.69, 9.17) is 4.55 Å². The van der Waals surface area contributed by atoms with Gasteiger partial charge in [0.2, 0.25) is 11.1 Å². The molecule has 1 aromatic carbocycles. The zero-order chi connectivity index (χ0) is 10.8. The second kappa shape index (κ2) is 4.46. The van der Waals surface area contributed by atoms with E-state index in [9.17, 15) is 13.0 Å². The minimum atomic E-state index is -3.60. The molecule has 0 radical (unpaired) electrons. The first-order valence-corrected chi connectivity index (χ1v) is 5.55. The predicted molar refractivity (Wildman–Crippen MR) is 53.6 cm³/mol. The minimum absolute atomic E-state index is 0.312. The summed E-state index contributed by atoms with van der Waals surface area (Å²) in [6, 6.07) is 6.25. The molecule has 0 aromatic heterocycles. The summed E-state index contributed by atoms with van der Waals surface area (Å²) in [5.41, 5.74) is 0.312. The first kappa shape index (κ1) is 11.7. The summed E-state index contributed by atoms with van der Waals surface area (Å²) < 4.78 is 44.8. The van der Waals surface area contributed by atoms with Crippen LogP contribution in [0.4, 0.5) is 8.78 Å². The van der Waals surface area contributed by atoms with E-state index in [0.29, 0.717) is 10.0 Å². The largest absolute Gasteiger partial charge is 0.349 e. The van der Waals surface area contributed by atoms with Gasteiger partial charge >= 0.3 is 5.25 Å². The molecular formula is C8H7BrF2O2S. The van der Waals surface area contributed by atoms with Gasteiger partial charge in [-0.1, -0.05) is 28.1 Å². The first-order valence-electron chi connectivity index (χ1n) is 3.65. The fraction of sp³-hybridized carbons (Fsp3) is 0.250. The van der Waals surface area contributed by atoms with Crippen molar-refractivity contribution in [3.8, 4) is 0 Å². The summed E-state index contributed by atoms with van der Waals surface area (Å²) in [5.74, 6) is 0. The van der Waals surface area contributed by atoms with Gasteiger partial charge in [0.25, 0.3) is 0 Å². The molecule has 1 N–H and O–H groups in total. The molecular weight excluding hydrogens is 278 g/mol. The Morgan fingerprint density at radius 2 is 2.14 bits per heavy atom. The van der Waals surface area contributed by atoms with Gasteiger partial charge in [-0.3, -0.25) is 0 Å². The maximum absolute atomic E-state index is 12.8. The van der Waals surface area contributed by atoms with E-state index < -0.39 is 22.8 Å². The second-order valence-corrected chi connectivity index (χ2v) is 4.70. The molecule has 0 saturated carbocycles. The van der Waals surface area contributed by atoms with Crippen molar-refractivity contribution in [1.82, 2.24) is 0 Å². The Balaban J connectivity index is 2.83. The fourth-order valence-electron chi connectivity index (χ4n) is 0.946. The summed E-state index contributed by atoms with van der Waals surface area (Å²) in [6.45, 7) is 0. The number of alkyl halides is 2. The topological polar surface area (TPSA) is 37.3 Å². The molecule has 6 heteroatoms. The summed E-state index contributed by atoms with van der Waals surface area (Å²) in [6.07, 6.45) is -0.741. The van der Waals surface area contributed by atoms with Crippen molar-refractivity contribution in [2.24, 2.45) is 0 Å². The Hall–Kier alpha value is -0.330. The molecule has 2 nitrogen and oxygen atoms in total. The molecule has 1 unspecified atom stereocenters. The van der Waals surface area contributed by atoms with E-state index in [2.05, 4.69) is 15.9 Å². The Morgan fingerprint density at radius 1 is 1.50 bits per heavy atom. The second-order valence-electron chi connectivity index (χ2n) is 2.69. The standard InChI is InChI=1S/C8H7BrF2O2S/c9-7-3-1-2-6(4-7)5-8(10,11)14(12)13/h1-4H,5H2,(H,12,13). The van der Waals surface area contributed by atoms with Gasteiger partial charge in [0.15, 0.2) is 0 Å². The van der Waals surface area contributed by atoms with Crippen molar-refractivity contribution < 1.29 is 17.5 Å². The van der Waals surface area contributed by atoms with Gasteiger partial charge in [-0.05, 0) is 17.7 Å². The quantitative estimate of drug-likeness (QED) is 0.867. The molecule has 14 heavy (non-hydrogen) atoms. The highest BCUT2D eigenvalue weighted by atomic mass is 79.9. The van der Waals surface area contributed by atoms with Crippen LogP contribution in [0.5, 0.6) is 0 Å². The summed E-state index contributed by atoms with van der Waals surface area (Å²) in [5, 5.41) is -3.60. The normalized spacial score (nSPS) is 14.0. The molecule has 0 heterocycles. The van der Waals surface area contributed by atoms with Crippen LogP contribution < -0.4 is 0 Å². The molecule has 78 valence electrons. The van der Waals surface area contributed by atoms with Gasteiger partial charge in [-0.15, -0.1) is 0 Å². The number of halogens is 3. The summed E-state index contributed by atoms with van der Waals surface area (Å²) in [4.78, 5) is 0. The van der Waals surface area contributed by atoms with Gasteiger partial charge in [-0.25, -0.2) is 4.21 Å². The molecule has 1 aromatic rings. The molecule has 0 amide bonds. The fourth-order valence-corrected chi connectivity index (χ4v) is 1.68. The summed E-state index contributed by atoms with van der Waals surface area (Å²) >= 11 is -0.00819. The lowest BCUT2D eigenvalue weighted by atomic mass is 10.2. The Bertz CT molecular complexity index is 357. The van der Waals surface area contributed by atoms with Crippen LogP contribution in [0.1, 0.15) is 5.56 Å². The predicted octanol–water partition coefficient (Wildman–Crippen LogP) is 2.81. The lowest BCUT2D eigenvalue weighted by Crippen LogP contribution is -2.25. The van der Waals surface area contributed by atoms with Gasteiger partial charge in [0.05, 0.1) is 6.42 Å². The monoisotopic (exact) mass is 284 g/mol. The van der Waals surface area contributed by atoms with Crippen LogP contribution in [0.3, 0.4) is 0 Å².